The highest BCUT2D eigenvalue weighted by molar-refractivity contribution is 9.10. The van der Waals surface area contributed by atoms with E-state index in [-0.39, 0.29) is 46.5 Å². The van der Waals surface area contributed by atoms with Gasteiger partial charge in [-0.05, 0) is 33.8 Å². The van der Waals surface area contributed by atoms with Gasteiger partial charge in [0.05, 0.1) is 12.2 Å². The predicted octanol–water partition coefficient (Wildman–Crippen LogP) is 3.15. The summed E-state index contributed by atoms with van der Waals surface area (Å²) in [5, 5.41) is 2.49. The van der Waals surface area contributed by atoms with Crippen LogP contribution in [0.5, 0.6) is 0 Å². The van der Waals surface area contributed by atoms with Crippen LogP contribution in [0.1, 0.15) is 20.3 Å². The number of amides is 1. The molecule has 130 valence electrons. The number of carbonyl (C=O) groups is 1. The minimum absolute atomic E-state index is 0. The zero-order valence-electron chi connectivity index (χ0n) is 13.0. The lowest BCUT2D eigenvalue weighted by Gasteiger charge is -2.42. The second kappa shape index (κ2) is 7.88. The van der Waals surface area contributed by atoms with Crippen molar-refractivity contribution in [1.82, 2.24) is 4.90 Å². The van der Waals surface area contributed by atoms with E-state index >= 15 is 0 Å². The summed E-state index contributed by atoms with van der Waals surface area (Å²) in [6, 6.07) is 1.96. The van der Waals surface area contributed by atoms with Crippen molar-refractivity contribution in [2.75, 3.05) is 25.0 Å². The number of nitrogens with zero attached hydrogens (tertiary/aromatic N) is 1. The van der Waals surface area contributed by atoms with E-state index in [0.717, 1.165) is 25.1 Å². The van der Waals surface area contributed by atoms with Gasteiger partial charge in [0.1, 0.15) is 5.82 Å². The zero-order chi connectivity index (χ0) is 16.5. The topological polar surface area (TPSA) is 58.4 Å². The molecule has 1 unspecified atom stereocenters. The number of rotatable bonds is 3. The van der Waals surface area contributed by atoms with Gasteiger partial charge in [-0.15, -0.1) is 12.4 Å². The molecule has 1 aliphatic heterocycles. The van der Waals surface area contributed by atoms with E-state index in [4.69, 9.17) is 5.73 Å². The lowest BCUT2D eigenvalue weighted by atomic mass is 9.80. The molecule has 0 radical (unpaired) electrons. The molecule has 2 rings (SSSR count). The van der Waals surface area contributed by atoms with Gasteiger partial charge in [-0.1, -0.05) is 13.8 Å². The highest BCUT2D eigenvalue weighted by Crippen LogP contribution is 2.29. The van der Waals surface area contributed by atoms with E-state index in [2.05, 4.69) is 35.1 Å². The molecule has 1 heterocycles. The number of likely N-dealkylation sites (tertiary alicyclic amines) is 1. The number of carbonyl (C=O) groups excluding carboxylic acids is 1. The number of hydrogen-bond acceptors (Lipinski definition) is 3. The van der Waals surface area contributed by atoms with Gasteiger partial charge >= 0.3 is 0 Å². The van der Waals surface area contributed by atoms with Crippen LogP contribution in [-0.2, 0) is 4.79 Å². The Hall–Kier alpha value is -0.760. The third kappa shape index (κ3) is 5.11. The molecular weight excluding hydrogens is 392 g/mol. The largest absolute Gasteiger partial charge is 0.327 e. The molecule has 1 aliphatic rings. The van der Waals surface area contributed by atoms with Crippen molar-refractivity contribution >= 4 is 39.9 Å². The summed E-state index contributed by atoms with van der Waals surface area (Å²) in [4.78, 5) is 14.1. The fourth-order valence-corrected chi connectivity index (χ4v) is 3.17. The van der Waals surface area contributed by atoms with Crippen molar-refractivity contribution in [3.8, 4) is 0 Å². The van der Waals surface area contributed by atoms with Crippen molar-refractivity contribution < 1.29 is 13.6 Å². The molecule has 0 bridgehead atoms. The Morgan fingerprint density at radius 2 is 2.13 bits per heavy atom. The summed E-state index contributed by atoms with van der Waals surface area (Å²) in [5.74, 6) is -1.84. The minimum atomic E-state index is -0.804. The number of anilines is 1. The van der Waals surface area contributed by atoms with Gasteiger partial charge in [-0.3, -0.25) is 9.69 Å². The van der Waals surface area contributed by atoms with E-state index in [0.29, 0.717) is 6.54 Å². The van der Waals surface area contributed by atoms with Crippen molar-refractivity contribution in [2.24, 2.45) is 11.1 Å². The first kappa shape index (κ1) is 20.3. The molecule has 1 amide bonds. The van der Waals surface area contributed by atoms with Gasteiger partial charge in [-0.25, -0.2) is 8.78 Å². The highest BCUT2D eigenvalue weighted by Gasteiger charge is 2.34. The maximum Gasteiger partial charge on any atom is 0.238 e. The molecule has 0 aliphatic carbocycles. The van der Waals surface area contributed by atoms with Crippen molar-refractivity contribution in [1.29, 1.82) is 0 Å². The maximum absolute atomic E-state index is 13.7. The Morgan fingerprint density at radius 1 is 1.48 bits per heavy atom. The predicted molar refractivity (Wildman–Crippen MR) is 92.7 cm³/mol. The molecule has 23 heavy (non-hydrogen) atoms. The fourth-order valence-electron chi connectivity index (χ4n) is 2.66. The average Bonchev–Trinajstić information content (AvgIpc) is 2.38. The number of halogens is 4. The third-order valence-corrected chi connectivity index (χ3v) is 4.66. The summed E-state index contributed by atoms with van der Waals surface area (Å²) in [6.45, 7) is 5.72. The normalized spacial score (nSPS) is 20.7. The van der Waals surface area contributed by atoms with Crippen LogP contribution in [-0.4, -0.2) is 36.5 Å². The van der Waals surface area contributed by atoms with Crippen LogP contribution < -0.4 is 11.1 Å². The van der Waals surface area contributed by atoms with Crippen molar-refractivity contribution in [3.05, 3.63) is 28.2 Å². The number of nitrogens with two attached hydrogens (primary N) is 1. The first-order valence-electron chi connectivity index (χ1n) is 7.11. The Kier molecular flexibility index (Phi) is 6.95. The lowest BCUT2D eigenvalue weighted by molar-refractivity contribution is -0.118. The second-order valence-electron chi connectivity index (χ2n) is 6.39. The molecule has 4 nitrogen and oxygen atoms in total. The van der Waals surface area contributed by atoms with E-state index in [1.807, 2.05) is 4.90 Å². The quantitative estimate of drug-likeness (QED) is 0.802. The van der Waals surface area contributed by atoms with Gasteiger partial charge in [0.25, 0.3) is 0 Å². The number of benzene rings is 1. The molecule has 0 aromatic heterocycles. The summed E-state index contributed by atoms with van der Waals surface area (Å²) < 4.78 is 26.9. The molecular formula is C15H21BrClF2N3O. The number of hydrogen-bond donors (Lipinski definition) is 2. The average molecular weight is 413 g/mol. The van der Waals surface area contributed by atoms with Crippen LogP contribution in [0.4, 0.5) is 14.5 Å². The van der Waals surface area contributed by atoms with Crippen LogP contribution in [0.25, 0.3) is 0 Å². The van der Waals surface area contributed by atoms with Gasteiger partial charge in [0, 0.05) is 29.7 Å². The number of piperidine rings is 1. The summed E-state index contributed by atoms with van der Waals surface area (Å²) >= 11 is 3.05. The van der Waals surface area contributed by atoms with Gasteiger partial charge in [0.2, 0.25) is 5.91 Å². The summed E-state index contributed by atoms with van der Waals surface area (Å²) in [6.07, 6.45) is 0.814. The van der Waals surface area contributed by atoms with E-state index < -0.39 is 11.6 Å². The molecule has 1 fully saturated rings. The molecule has 3 N–H and O–H groups in total. The molecule has 8 heteroatoms. The molecule has 0 saturated carbocycles. The Morgan fingerprint density at radius 3 is 2.70 bits per heavy atom. The third-order valence-electron chi connectivity index (χ3n) is 4.03. The van der Waals surface area contributed by atoms with Gasteiger partial charge in [0.15, 0.2) is 5.82 Å². The molecule has 1 aromatic rings. The maximum atomic E-state index is 13.7. The van der Waals surface area contributed by atoms with E-state index in [9.17, 15) is 13.6 Å². The zero-order valence-corrected chi connectivity index (χ0v) is 15.4. The van der Waals surface area contributed by atoms with Crippen LogP contribution in [0.15, 0.2) is 16.6 Å². The minimum Gasteiger partial charge on any atom is -0.327 e. The Bertz CT molecular complexity index is 563. The number of nitrogens with one attached hydrogen (secondary N) is 1. The van der Waals surface area contributed by atoms with Crippen LogP contribution in [0.2, 0.25) is 0 Å². The van der Waals surface area contributed by atoms with E-state index in [1.54, 1.807) is 0 Å². The Labute approximate surface area is 149 Å². The highest BCUT2D eigenvalue weighted by atomic mass is 79.9. The van der Waals surface area contributed by atoms with Crippen molar-refractivity contribution in [3.63, 3.8) is 0 Å². The summed E-state index contributed by atoms with van der Waals surface area (Å²) in [7, 11) is 0. The standard InChI is InChI=1S/C15H20BrF2N3O.ClH/c1-15(2)8-21(4-3-12(15)19)7-13(22)20-14-10(16)5-9(17)6-11(14)18;/h5-6,12H,3-4,7-8,19H2,1-2H3,(H,20,22);1H. The molecule has 1 atom stereocenters. The first-order chi connectivity index (χ1) is 10.2. The molecule has 1 saturated heterocycles. The first-order valence-corrected chi connectivity index (χ1v) is 7.90. The SMILES string of the molecule is CC1(C)CN(CC(=O)Nc2c(F)cc(F)cc2Br)CCC1N.Cl. The van der Waals surface area contributed by atoms with Gasteiger partial charge in [-0.2, -0.15) is 0 Å². The van der Waals surface area contributed by atoms with Gasteiger partial charge < -0.3 is 11.1 Å². The molecule has 0 spiro atoms. The van der Waals surface area contributed by atoms with Crippen LogP contribution >= 0.6 is 28.3 Å². The molecule has 1 aromatic carbocycles. The smallest absolute Gasteiger partial charge is 0.238 e. The van der Waals surface area contributed by atoms with E-state index in [1.165, 1.54) is 0 Å². The fraction of sp³-hybridized carbons (Fsp3) is 0.533. The summed E-state index contributed by atoms with van der Waals surface area (Å²) in [5.41, 5.74) is 5.95. The van der Waals surface area contributed by atoms with Crippen molar-refractivity contribution in [2.45, 2.75) is 26.3 Å². The van der Waals surface area contributed by atoms with Crippen LogP contribution in [0, 0.1) is 17.0 Å². The Balaban J connectivity index is 0.00000264. The second-order valence-corrected chi connectivity index (χ2v) is 7.24. The van der Waals surface area contributed by atoms with Crippen LogP contribution in [0.3, 0.4) is 0 Å². The lowest BCUT2D eigenvalue weighted by Crippen LogP contribution is -2.53. The monoisotopic (exact) mass is 411 g/mol.